The number of hydrogen-bond acceptors (Lipinski definition) is 4. The number of hydrogen-bond donors (Lipinski definition) is 3. The summed E-state index contributed by atoms with van der Waals surface area (Å²) in [6.45, 7) is -0.280. The lowest BCUT2D eigenvalue weighted by atomic mass is 10.2. The summed E-state index contributed by atoms with van der Waals surface area (Å²) in [5.74, 6) is 0.346. The van der Waals surface area contributed by atoms with Crippen LogP contribution >= 0.6 is 11.8 Å². The molecule has 0 rings (SSSR count). The quantitative estimate of drug-likeness (QED) is 0.309. The van der Waals surface area contributed by atoms with Gasteiger partial charge in [0.15, 0.2) is 0 Å². The smallest absolute Gasteiger partial charge is 0.320 e. The fraction of sp³-hybridized carbons (Fsp3) is 0.750. The number of halogens is 1. The van der Waals surface area contributed by atoms with Crippen molar-refractivity contribution in [3.63, 3.8) is 0 Å². The molecule has 0 fully saturated rings. The molecule has 0 aromatic heterocycles. The molecule has 0 aliphatic heterocycles. The molecule has 0 radical (unpaired) electrons. The highest BCUT2D eigenvalue weighted by Gasteiger charge is 2.09. The molecule has 0 saturated heterocycles. The Morgan fingerprint density at radius 3 is 2.73 bits per heavy atom. The second-order valence-electron chi connectivity index (χ2n) is 2.85. The Labute approximate surface area is 92.1 Å². The van der Waals surface area contributed by atoms with Gasteiger partial charge in [0.1, 0.15) is 18.6 Å². The Morgan fingerprint density at radius 2 is 2.20 bits per heavy atom. The van der Waals surface area contributed by atoms with Crippen LogP contribution in [0.15, 0.2) is 4.99 Å². The van der Waals surface area contributed by atoms with Crippen molar-refractivity contribution >= 4 is 23.6 Å². The van der Waals surface area contributed by atoms with E-state index in [1.54, 1.807) is 0 Å². The summed E-state index contributed by atoms with van der Waals surface area (Å²) in [5.41, 5.74) is 10.4. The highest BCUT2D eigenvalue weighted by atomic mass is 32.2. The van der Waals surface area contributed by atoms with Crippen molar-refractivity contribution in [2.24, 2.45) is 16.5 Å². The minimum absolute atomic E-state index is 0.00200. The first-order valence-electron chi connectivity index (χ1n) is 4.48. The van der Waals surface area contributed by atoms with Crippen LogP contribution in [0.25, 0.3) is 0 Å². The topological polar surface area (TPSA) is 102 Å². The maximum atomic E-state index is 11.8. The van der Waals surface area contributed by atoms with Crippen molar-refractivity contribution in [1.82, 2.24) is 0 Å². The number of rotatable bonds is 8. The van der Waals surface area contributed by atoms with Crippen LogP contribution in [0.1, 0.15) is 6.42 Å². The maximum absolute atomic E-state index is 11.8. The number of nitrogens with zero attached hydrogens (tertiary/aromatic N) is 1. The third-order valence-electron chi connectivity index (χ3n) is 1.58. The third kappa shape index (κ3) is 8.19. The maximum Gasteiger partial charge on any atom is 0.320 e. The minimum atomic E-state index is -0.990. The third-order valence-corrected chi connectivity index (χ3v) is 2.57. The number of aliphatic imine (C=N–C) groups is 1. The van der Waals surface area contributed by atoms with Crippen LogP contribution in [0.2, 0.25) is 0 Å². The molecule has 0 aliphatic carbocycles. The summed E-state index contributed by atoms with van der Waals surface area (Å²) >= 11 is 1.52. The lowest BCUT2D eigenvalue weighted by Gasteiger charge is -2.04. The number of nitrogens with two attached hydrogens (primary N) is 2. The van der Waals surface area contributed by atoms with Crippen LogP contribution in [0.5, 0.6) is 0 Å². The summed E-state index contributed by atoms with van der Waals surface area (Å²) < 4.78 is 11.8. The van der Waals surface area contributed by atoms with E-state index in [1.165, 1.54) is 11.8 Å². The van der Waals surface area contributed by atoms with Gasteiger partial charge in [0, 0.05) is 5.75 Å². The van der Waals surface area contributed by atoms with Gasteiger partial charge < -0.3 is 16.6 Å². The number of carboxylic acid groups (broad SMARTS) is 1. The molecule has 0 spiro atoms. The summed E-state index contributed by atoms with van der Waals surface area (Å²) in [4.78, 5) is 14.1. The monoisotopic (exact) mass is 237 g/mol. The highest BCUT2D eigenvalue weighted by Crippen LogP contribution is 2.03. The fourth-order valence-electron chi connectivity index (χ4n) is 0.732. The molecular formula is C8H16FN3O2S. The van der Waals surface area contributed by atoms with Crippen molar-refractivity contribution in [2.45, 2.75) is 12.5 Å². The molecule has 15 heavy (non-hydrogen) atoms. The molecule has 0 bridgehead atoms. The molecule has 0 amide bonds. The van der Waals surface area contributed by atoms with E-state index in [0.29, 0.717) is 24.5 Å². The zero-order valence-corrected chi connectivity index (χ0v) is 9.17. The van der Waals surface area contributed by atoms with E-state index in [-0.39, 0.29) is 5.84 Å². The molecule has 0 saturated carbocycles. The van der Waals surface area contributed by atoms with Crippen LogP contribution < -0.4 is 11.5 Å². The van der Waals surface area contributed by atoms with Crippen molar-refractivity contribution in [3.05, 3.63) is 0 Å². The fourth-order valence-corrected chi connectivity index (χ4v) is 1.58. The first kappa shape index (κ1) is 14.2. The molecule has 0 aliphatic rings. The highest BCUT2D eigenvalue weighted by molar-refractivity contribution is 7.99. The molecule has 7 heteroatoms. The van der Waals surface area contributed by atoms with Crippen LogP contribution in [-0.2, 0) is 4.79 Å². The molecule has 5 nitrogen and oxygen atoms in total. The SMILES string of the molecule is NC(CF)=NCCSCC[C@H](N)C(=O)O. The molecule has 88 valence electrons. The van der Waals surface area contributed by atoms with Crippen LogP contribution in [0.3, 0.4) is 0 Å². The molecule has 0 unspecified atom stereocenters. The van der Waals surface area contributed by atoms with Crippen molar-refractivity contribution in [2.75, 3.05) is 24.7 Å². The number of aliphatic carboxylic acids is 1. The second-order valence-corrected chi connectivity index (χ2v) is 4.08. The second kappa shape index (κ2) is 8.49. The normalized spacial score (nSPS) is 13.9. The van der Waals surface area contributed by atoms with E-state index in [0.717, 1.165) is 0 Å². The van der Waals surface area contributed by atoms with Crippen LogP contribution in [0, 0.1) is 0 Å². The lowest BCUT2D eigenvalue weighted by Crippen LogP contribution is -2.30. The standard InChI is InChI=1S/C8H16FN3O2S/c9-5-7(11)12-2-4-15-3-1-6(10)8(13)14/h6H,1-5,10H2,(H2,11,12)(H,13,14)/t6-/m0/s1. The molecule has 0 aromatic carbocycles. The number of carbonyl (C=O) groups is 1. The number of amidine groups is 1. The Morgan fingerprint density at radius 1 is 1.53 bits per heavy atom. The van der Waals surface area contributed by atoms with E-state index in [4.69, 9.17) is 16.6 Å². The predicted molar refractivity (Wildman–Crippen MR) is 60.0 cm³/mol. The zero-order valence-electron chi connectivity index (χ0n) is 8.36. The van der Waals surface area contributed by atoms with Gasteiger partial charge in [-0.3, -0.25) is 9.79 Å². The number of alkyl halides is 1. The zero-order chi connectivity index (χ0) is 11.7. The van der Waals surface area contributed by atoms with Gasteiger partial charge in [-0.05, 0) is 12.2 Å². The predicted octanol–water partition coefficient (Wildman–Crippen LogP) is -0.152. The lowest BCUT2D eigenvalue weighted by molar-refractivity contribution is -0.138. The molecule has 0 heterocycles. The summed E-state index contributed by atoms with van der Waals surface area (Å²) in [7, 11) is 0. The van der Waals surface area contributed by atoms with Gasteiger partial charge in [-0.1, -0.05) is 0 Å². The Balaban J connectivity index is 3.36. The first-order chi connectivity index (χ1) is 7.07. The van der Waals surface area contributed by atoms with Crippen molar-refractivity contribution in [3.8, 4) is 0 Å². The van der Waals surface area contributed by atoms with E-state index in [1.807, 2.05) is 0 Å². The molecule has 5 N–H and O–H groups in total. The summed E-state index contributed by atoms with van der Waals surface area (Å²) in [6.07, 6.45) is 0.419. The van der Waals surface area contributed by atoms with E-state index in [2.05, 4.69) is 4.99 Å². The summed E-state index contributed by atoms with van der Waals surface area (Å²) in [6, 6.07) is -0.808. The van der Waals surface area contributed by atoms with Gasteiger partial charge >= 0.3 is 5.97 Å². The Hall–Kier alpha value is -0.820. The number of thioether (sulfide) groups is 1. The van der Waals surface area contributed by atoms with Crippen LogP contribution in [-0.4, -0.2) is 47.7 Å². The Bertz CT molecular complexity index is 226. The van der Waals surface area contributed by atoms with E-state index < -0.39 is 18.7 Å². The van der Waals surface area contributed by atoms with Gasteiger partial charge in [0.25, 0.3) is 0 Å². The molecule has 0 aromatic rings. The van der Waals surface area contributed by atoms with Crippen molar-refractivity contribution < 1.29 is 14.3 Å². The first-order valence-corrected chi connectivity index (χ1v) is 5.64. The molecule has 1 atom stereocenters. The Kier molecular flexibility index (Phi) is 8.02. The van der Waals surface area contributed by atoms with E-state index in [9.17, 15) is 9.18 Å². The largest absolute Gasteiger partial charge is 0.480 e. The van der Waals surface area contributed by atoms with Crippen LogP contribution in [0.4, 0.5) is 4.39 Å². The van der Waals surface area contributed by atoms with Gasteiger partial charge in [0.05, 0.1) is 6.54 Å². The average molecular weight is 237 g/mol. The minimum Gasteiger partial charge on any atom is -0.480 e. The van der Waals surface area contributed by atoms with Gasteiger partial charge in [-0.2, -0.15) is 11.8 Å². The van der Waals surface area contributed by atoms with E-state index >= 15 is 0 Å². The van der Waals surface area contributed by atoms with Gasteiger partial charge in [0.2, 0.25) is 0 Å². The van der Waals surface area contributed by atoms with Gasteiger partial charge in [-0.15, -0.1) is 0 Å². The summed E-state index contributed by atoms with van der Waals surface area (Å²) in [5, 5.41) is 8.48. The average Bonchev–Trinajstić information content (AvgIpc) is 2.22. The van der Waals surface area contributed by atoms with Gasteiger partial charge in [-0.25, -0.2) is 4.39 Å². The molecular weight excluding hydrogens is 221 g/mol. The number of carboxylic acids is 1. The van der Waals surface area contributed by atoms with Crippen molar-refractivity contribution in [1.29, 1.82) is 0 Å².